The van der Waals surface area contributed by atoms with Crippen LogP contribution in [0.1, 0.15) is 35.8 Å². The number of nitrogen functional groups attached to an aromatic ring is 1. The van der Waals surface area contributed by atoms with E-state index in [2.05, 4.69) is 23.1 Å². The van der Waals surface area contributed by atoms with Gasteiger partial charge in [-0.1, -0.05) is 6.07 Å². The average Bonchev–Trinajstić information content (AvgIpc) is 2.59. The van der Waals surface area contributed by atoms with Crippen molar-refractivity contribution in [3.8, 4) is 6.07 Å². The molecule has 1 aliphatic carbocycles. The van der Waals surface area contributed by atoms with Crippen LogP contribution in [-0.2, 0) is 0 Å². The van der Waals surface area contributed by atoms with Crippen LogP contribution in [0, 0.1) is 11.3 Å². The number of anilines is 1. The van der Waals surface area contributed by atoms with E-state index < -0.39 is 0 Å². The third-order valence-electron chi connectivity index (χ3n) is 4.11. The minimum Gasteiger partial charge on any atom is -0.399 e. The average molecular weight is 227 g/mol. The summed E-state index contributed by atoms with van der Waals surface area (Å²) in [4.78, 5) is 2.29. The predicted molar refractivity (Wildman–Crippen MR) is 67.6 cm³/mol. The first-order valence-corrected chi connectivity index (χ1v) is 6.26. The van der Waals surface area contributed by atoms with Crippen LogP contribution in [0.5, 0.6) is 0 Å². The smallest absolute Gasteiger partial charge is 0.0866 e. The summed E-state index contributed by atoms with van der Waals surface area (Å²) < 4.78 is 0. The van der Waals surface area contributed by atoms with Crippen LogP contribution >= 0.6 is 0 Å². The summed E-state index contributed by atoms with van der Waals surface area (Å²) in [5, 5.41) is 8.85. The monoisotopic (exact) mass is 227 g/mol. The molecule has 1 aromatic rings. The van der Waals surface area contributed by atoms with Crippen LogP contribution in [0.15, 0.2) is 18.2 Å². The highest BCUT2D eigenvalue weighted by molar-refractivity contribution is 5.49. The number of nitrogens with zero attached hydrogens (tertiary/aromatic N) is 2. The maximum Gasteiger partial charge on any atom is 0.0866 e. The lowest BCUT2D eigenvalue weighted by atomic mass is 9.78. The van der Waals surface area contributed by atoms with Gasteiger partial charge in [-0.2, -0.15) is 5.26 Å². The minimum atomic E-state index is 0.552. The van der Waals surface area contributed by atoms with Crippen molar-refractivity contribution in [3.05, 3.63) is 29.3 Å². The molecule has 0 amide bonds. The molecule has 3 nitrogen and oxygen atoms in total. The summed E-state index contributed by atoms with van der Waals surface area (Å²) in [6, 6.07) is 8.61. The molecule has 2 unspecified atom stereocenters. The lowest BCUT2D eigenvalue weighted by molar-refractivity contribution is 0.303. The van der Waals surface area contributed by atoms with Gasteiger partial charge in [-0.25, -0.2) is 0 Å². The number of rotatable bonds is 1. The van der Waals surface area contributed by atoms with E-state index in [1.54, 1.807) is 0 Å². The molecule has 3 aliphatic rings. The second-order valence-corrected chi connectivity index (χ2v) is 5.21. The van der Waals surface area contributed by atoms with Gasteiger partial charge in [0.2, 0.25) is 0 Å². The summed E-state index contributed by atoms with van der Waals surface area (Å²) in [6.45, 7) is 2.60. The van der Waals surface area contributed by atoms with Crippen LogP contribution < -0.4 is 5.73 Å². The SMILES string of the molecule is N#CCN1CC2CCC(C1)c1cc(N)ccc12. The van der Waals surface area contributed by atoms with Crippen LogP contribution in [0.4, 0.5) is 5.69 Å². The van der Waals surface area contributed by atoms with Crippen molar-refractivity contribution < 1.29 is 0 Å². The Balaban J connectivity index is 1.99. The van der Waals surface area contributed by atoms with Crippen molar-refractivity contribution >= 4 is 5.69 Å². The van der Waals surface area contributed by atoms with E-state index in [1.165, 1.54) is 24.0 Å². The number of benzene rings is 1. The molecule has 0 radical (unpaired) electrons. The van der Waals surface area contributed by atoms with Gasteiger partial charge in [0.05, 0.1) is 12.6 Å². The number of nitriles is 1. The maximum atomic E-state index is 8.85. The molecule has 2 bridgehead atoms. The van der Waals surface area contributed by atoms with E-state index >= 15 is 0 Å². The summed E-state index contributed by atoms with van der Waals surface area (Å²) in [5.41, 5.74) is 9.66. The molecule has 3 heteroatoms. The molecule has 1 aromatic carbocycles. The van der Waals surface area contributed by atoms with E-state index in [1.807, 2.05) is 6.07 Å². The first-order chi connectivity index (χ1) is 8.28. The van der Waals surface area contributed by atoms with E-state index in [4.69, 9.17) is 11.0 Å². The van der Waals surface area contributed by atoms with Crippen LogP contribution in [0.3, 0.4) is 0 Å². The summed E-state index contributed by atoms with van der Waals surface area (Å²) in [7, 11) is 0. The van der Waals surface area contributed by atoms with Crippen molar-refractivity contribution in [1.82, 2.24) is 4.90 Å². The van der Waals surface area contributed by atoms with Crippen LogP contribution in [-0.4, -0.2) is 24.5 Å². The zero-order chi connectivity index (χ0) is 11.8. The van der Waals surface area contributed by atoms with Gasteiger partial charge >= 0.3 is 0 Å². The van der Waals surface area contributed by atoms with Crippen molar-refractivity contribution in [1.29, 1.82) is 5.26 Å². The fraction of sp³-hybridized carbons (Fsp3) is 0.500. The Morgan fingerprint density at radius 3 is 2.65 bits per heavy atom. The second-order valence-electron chi connectivity index (χ2n) is 5.21. The first-order valence-electron chi connectivity index (χ1n) is 6.26. The van der Waals surface area contributed by atoms with Crippen molar-refractivity contribution in [2.75, 3.05) is 25.4 Å². The molecule has 0 saturated carbocycles. The fourth-order valence-electron chi connectivity index (χ4n) is 3.34. The third-order valence-corrected chi connectivity index (χ3v) is 4.11. The van der Waals surface area contributed by atoms with E-state index in [0.29, 0.717) is 18.4 Å². The van der Waals surface area contributed by atoms with Gasteiger partial charge in [-0.3, -0.25) is 4.90 Å². The fourth-order valence-corrected chi connectivity index (χ4v) is 3.34. The molecule has 0 aromatic heterocycles. The van der Waals surface area contributed by atoms with Gasteiger partial charge < -0.3 is 5.73 Å². The number of fused-ring (bicyclic) bond motifs is 3. The quantitative estimate of drug-likeness (QED) is 0.590. The molecular formula is C14H17N3. The highest BCUT2D eigenvalue weighted by Gasteiger charge is 2.33. The molecule has 1 fully saturated rings. The van der Waals surface area contributed by atoms with Gasteiger partial charge in [0.15, 0.2) is 0 Å². The Morgan fingerprint density at radius 1 is 1.24 bits per heavy atom. The highest BCUT2D eigenvalue weighted by atomic mass is 15.1. The molecule has 2 atom stereocenters. The Kier molecular flexibility index (Phi) is 2.53. The van der Waals surface area contributed by atoms with Crippen molar-refractivity contribution in [3.63, 3.8) is 0 Å². The minimum absolute atomic E-state index is 0.552. The second kappa shape index (κ2) is 4.05. The van der Waals surface area contributed by atoms with Crippen molar-refractivity contribution in [2.45, 2.75) is 24.7 Å². The normalized spacial score (nSPS) is 27.2. The van der Waals surface area contributed by atoms with Gasteiger partial charge in [-0.15, -0.1) is 0 Å². The first kappa shape index (κ1) is 10.6. The van der Waals surface area contributed by atoms with Gasteiger partial charge in [-0.05, 0) is 47.9 Å². The summed E-state index contributed by atoms with van der Waals surface area (Å²) in [5.74, 6) is 1.17. The Hall–Kier alpha value is -1.53. The van der Waals surface area contributed by atoms with Crippen LogP contribution in [0.2, 0.25) is 0 Å². The maximum absolute atomic E-state index is 8.85. The zero-order valence-electron chi connectivity index (χ0n) is 9.89. The third kappa shape index (κ3) is 1.79. The van der Waals surface area contributed by atoms with Gasteiger partial charge in [0.1, 0.15) is 0 Å². The summed E-state index contributed by atoms with van der Waals surface area (Å²) >= 11 is 0. The molecule has 17 heavy (non-hydrogen) atoms. The molecule has 2 N–H and O–H groups in total. The largest absolute Gasteiger partial charge is 0.399 e. The van der Waals surface area contributed by atoms with E-state index in [-0.39, 0.29) is 0 Å². The van der Waals surface area contributed by atoms with Crippen LogP contribution in [0.25, 0.3) is 0 Å². The van der Waals surface area contributed by atoms with E-state index in [0.717, 1.165) is 18.8 Å². The molecule has 4 rings (SSSR count). The van der Waals surface area contributed by atoms with Gasteiger partial charge in [0.25, 0.3) is 0 Å². The molecule has 2 aliphatic heterocycles. The lowest BCUT2D eigenvalue weighted by Gasteiger charge is -2.26. The molecule has 1 saturated heterocycles. The van der Waals surface area contributed by atoms with Gasteiger partial charge in [0, 0.05) is 18.8 Å². The zero-order valence-corrected chi connectivity index (χ0v) is 9.89. The summed E-state index contributed by atoms with van der Waals surface area (Å²) in [6.07, 6.45) is 2.49. The number of hydrogen-bond acceptors (Lipinski definition) is 3. The van der Waals surface area contributed by atoms with E-state index in [9.17, 15) is 0 Å². The lowest BCUT2D eigenvalue weighted by Crippen LogP contribution is -2.27. The molecule has 88 valence electrons. The predicted octanol–water partition coefficient (Wildman–Crippen LogP) is 2.07. The Labute approximate surface area is 102 Å². The highest BCUT2D eigenvalue weighted by Crippen LogP contribution is 2.43. The Morgan fingerprint density at radius 2 is 1.94 bits per heavy atom. The topological polar surface area (TPSA) is 53.0 Å². The number of nitrogens with two attached hydrogens (primary N) is 1. The molecular weight excluding hydrogens is 210 g/mol. The Bertz CT molecular complexity index is 475. The molecule has 2 heterocycles. The van der Waals surface area contributed by atoms with Crippen molar-refractivity contribution in [2.24, 2.45) is 0 Å². The standard InChI is InChI=1S/C14H17N3/c15-5-6-17-8-10-1-2-11(9-17)14-7-12(16)3-4-13(10)14/h3-4,7,10-11H,1-2,6,8-9,16H2. The molecule has 0 spiro atoms. The number of hydrogen-bond donors (Lipinski definition) is 1.